The number of nitrogens with zero attached hydrogens (tertiary/aromatic N) is 2. The second kappa shape index (κ2) is 13.0. The molecule has 1 N–H and O–H groups in total. The molecule has 1 aromatic carbocycles. The normalized spacial score (nSPS) is 10.8. The molecule has 0 atom stereocenters. The molecule has 136 valence electrons. The minimum atomic E-state index is -0.240. The van der Waals surface area contributed by atoms with E-state index in [4.69, 9.17) is 4.74 Å². The summed E-state index contributed by atoms with van der Waals surface area (Å²) in [5.41, 5.74) is 1.01. The maximum Gasteiger partial charge on any atom is 0.305 e. The summed E-state index contributed by atoms with van der Waals surface area (Å²) in [6.07, 6.45) is 1.02. The molecule has 0 radical (unpaired) electrons. The van der Waals surface area contributed by atoms with E-state index in [0.717, 1.165) is 18.1 Å². The first kappa shape index (κ1) is 22.6. The molecule has 0 aromatic heterocycles. The van der Waals surface area contributed by atoms with Crippen molar-refractivity contribution in [3.8, 4) is 0 Å². The standard InChI is InChI=1S/C17H26FN3O2.HI/c1-4-19-17(20-12-6-7-16(22)23-5-2)21(3)13-14-8-10-15(18)11-9-14;/h8-11H,4-7,12-13H2,1-3H3,(H,19,20);1H. The van der Waals surface area contributed by atoms with Crippen LogP contribution in [-0.4, -0.2) is 43.6 Å². The lowest BCUT2D eigenvalue weighted by Gasteiger charge is -2.22. The summed E-state index contributed by atoms with van der Waals surface area (Å²) in [6, 6.07) is 6.42. The second-order valence-corrected chi connectivity index (χ2v) is 5.13. The molecular formula is C17H27FIN3O2. The summed E-state index contributed by atoms with van der Waals surface area (Å²) in [7, 11) is 1.93. The fourth-order valence-electron chi connectivity index (χ4n) is 2.05. The molecule has 0 fully saturated rings. The van der Waals surface area contributed by atoms with Crippen LogP contribution in [-0.2, 0) is 16.1 Å². The number of halogens is 2. The molecule has 7 heteroatoms. The van der Waals surface area contributed by atoms with Gasteiger partial charge in [-0.2, -0.15) is 0 Å². The highest BCUT2D eigenvalue weighted by molar-refractivity contribution is 14.0. The number of ether oxygens (including phenoxy) is 1. The van der Waals surface area contributed by atoms with Crippen LogP contribution in [0.1, 0.15) is 32.3 Å². The van der Waals surface area contributed by atoms with E-state index in [2.05, 4.69) is 10.3 Å². The molecule has 0 saturated heterocycles. The Labute approximate surface area is 160 Å². The molecular weight excluding hydrogens is 424 g/mol. The Bertz CT molecular complexity index is 509. The van der Waals surface area contributed by atoms with Gasteiger partial charge in [0.15, 0.2) is 5.96 Å². The summed E-state index contributed by atoms with van der Waals surface area (Å²) < 4.78 is 17.8. The molecule has 0 amide bonds. The highest BCUT2D eigenvalue weighted by atomic mass is 127. The first-order valence-corrected chi connectivity index (χ1v) is 7.96. The fraction of sp³-hybridized carbons (Fsp3) is 0.529. The van der Waals surface area contributed by atoms with Crippen LogP contribution in [0.5, 0.6) is 0 Å². The van der Waals surface area contributed by atoms with Crippen LogP contribution in [0, 0.1) is 5.82 Å². The average molecular weight is 451 g/mol. The smallest absolute Gasteiger partial charge is 0.305 e. The number of aliphatic imine (C=N–C) groups is 1. The molecule has 1 rings (SSSR count). The van der Waals surface area contributed by atoms with Gasteiger partial charge in [-0.3, -0.25) is 9.79 Å². The zero-order chi connectivity index (χ0) is 17.1. The van der Waals surface area contributed by atoms with Crippen molar-refractivity contribution >= 4 is 35.9 Å². The van der Waals surface area contributed by atoms with Crippen LogP contribution in [0.3, 0.4) is 0 Å². The average Bonchev–Trinajstić information content (AvgIpc) is 2.52. The Balaban J connectivity index is 0.00000529. The first-order chi connectivity index (χ1) is 11.1. The molecule has 0 spiro atoms. The SMILES string of the molecule is CCNC(=NCCCC(=O)OCC)N(C)Cc1ccc(F)cc1.I. The Hall–Kier alpha value is -1.38. The van der Waals surface area contributed by atoms with Gasteiger partial charge in [0.2, 0.25) is 0 Å². The van der Waals surface area contributed by atoms with Crippen LogP contribution in [0.25, 0.3) is 0 Å². The number of hydrogen-bond donors (Lipinski definition) is 1. The van der Waals surface area contributed by atoms with Crippen molar-refractivity contribution in [3.05, 3.63) is 35.6 Å². The van der Waals surface area contributed by atoms with Crippen LogP contribution in [0.2, 0.25) is 0 Å². The lowest BCUT2D eigenvalue weighted by atomic mass is 10.2. The number of carbonyl (C=O) groups is 1. The number of nitrogens with one attached hydrogen (secondary N) is 1. The van der Waals surface area contributed by atoms with Gasteiger partial charge in [-0.05, 0) is 38.0 Å². The quantitative estimate of drug-likeness (QED) is 0.217. The van der Waals surface area contributed by atoms with E-state index < -0.39 is 0 Å². The Morgan fingerprint density at radius 1 is 1.29 bits per heavy atom. The third-order valence-corrected chi connectivity index (χ3v) is 3.14. The molecule has 0 unspecified atom stereocenters. The van der Waals surface area contributed by atoms with E-state index in [0.29, 0.717) is 32.5 Å². The summed E-state index contributed by atoms with van der Waals surface area (Å²) in [4.78, 5) is 17.8. The van der Waals surface area contributed by atoms with Crippen molar-refractivity contribution in [2.24, 2.45) is 4.99 Å². The maximum absolute atomic E-state index is 12.9. The lowest BCUT2D eigenvalue weighted by molar-refractivity contribution is -0.143. The van der Waals surface area contributed by atoms with E-state index in [1.165, 1.54) is 12.1 Å². The van der Waals surface area contributed by atoms with Gasteiger partial charge in [-0.15, -0.1) is 24.0 Å². The van der Waals surface area contributed by atoms with Crippen molar-refractivity contribution in [2.45, 2.75) is 33.2 Å². The highest BCUT2D eigenvalue weighted by Gasteiger charge is 2.07. The second-order valence-electron chi connectivity index (χ2n) is 5.13. The molecule has 24 heavy (non-hydrogen) atoms. The van der Waals surface area contributed by atoms with E-state index >= 15 is 0 Å². The Morgan fingerprint density at radius 3 is 2.54 bits per heavy atom. The lowest BCUT2D eigenvalue weighted by Crippen LogP contribution is -2.38. The molecule has 0 aliphatic heterocycles. The zero-order valence-electron chi connectivity index (χ0n) is 14.5. The van der Waals surface area contributed by atoms with Gasteiger partial charge in [0.25, 0.3) is 0 Å². The highest BCUT2D eigenvalue weighted by Crippen LogP contribution is 2.06. The van der Waals surface area contributed by atoms with E-state index in [-0.39, 0.29) is 35.8 Å². The van der Waals surface area contributed by atoms with E-state index in [9.17, 15) is 9.18 Å². The number of benzene rings is 1. The van der Waals surface area contributed by atoms with Crippen molar-refractivity contribution in [3.63, 3.8) is 0 Å². The van der Waals surface area contributed by atoms with Crippen molar-refractivity contribution < 1.29 is 13.9 Å². The van der Waals surface area contributed by atoms with Gasteiger partial charge >= 0.3 is 5.97 Å². The Kier molecular flexibility index (Phi) is 12.2. The molecule has 5 nitrogen and oxygen atoms in total. The van der Waals surface area contributed by atoms with Gasteiger partial charge in [-0.1, -0.05) is 12.1 Å². The number of esters is 1. The predicted molar refractivity (Wildman–Crippen MR) is 105 cm³/mol. The van der Waals surface area contributed by atoms with Gasteiger partial charge in [-0.25, -0.2) is 4.39 Å². The number of carbonyl (C=O) groups excluding carboxylic acids is 1. The fourth-order valence-corrected chi connectivity index (χ4v) is 2.05. The predicted octanol–water partition coefficient (Wildman–Crippen LogP) is 3.18. The van der Waals surface area contributed by atoms with Crippen molar-refractivity contribution in [2.75, 3.05) is 26.7 Å². The molecule has 0 bridgehead atoms. The summed E-state index contributed by atoms with van der Waals surface area (Å²) in [5.74, 6) is 0.337. The minimum absolute atomic E-state index is 0. The number of guanidine groups is 1. The summed E-state index contributed by atoms with van der Waals surface area (Å²) >= 11 is 0. The topological polar surface area (TPSA) is 53.9 Å². The van der Waals surface area contributed by atoms with Gasteiger partial charge in [0.1, 0.15) is 5.82 Å². The van der Waals surface area contributed by atoms with Crippen LogP contribution in [0.4, 0.5) is 4.39 Å². The van der Waals surface area contributed by atoms with Crippen LogP contribution < -0.4 is 5.32 Å². The van der Waals surface area contributed by atoms with Gasteiger partial charge in [0, 0.05) is 33.1 Å². The maximum atomic E-state index is 12.9. The minimum Gasteiger partial charge on any atom is -0.466 e. The number of rotatable bonds is 8. The Morgan fingerprint density at radius 2 is 1.96 bits per heavy atom. The number of hydrogen-bond acceptors (Lipinski definition) is 3. The van der Waals surface area contributed by atoms with E-state index in [1.807, 2.05) is 18.9 Å². The van der Waals surface area contributed by atoms with Gasteiger partial charge in [0.05, 0.1) is 6.61 Å². The van der Waals surface area contributed by atoms with Crippen LogP contribution >= 0.6 is 24.0 Å². The van der Waals surface area contributed by atoms with E-state index in [1.54, 1.807) is 19.1 Å². The molecule has 0 saturated carbocycles. The monoisotopic (exact) mass is 451 g/mol. The third kappa shape index (κ3) is 9.05. The summed E-state index contributed by atoms with van der Waals surface area (Å²) in [6.45, 7) is 6.14. The molecule has 1 aromatic rings. The van der Waals surface area contributed by atoms with Crippen molar-refractivity contribution in [1.29, 1.82) is 0 Å². The largest absolute Gasteiger partial charge is 0.466 e. The van der Waals surface area contributed by atoms with Crippen LogP contribution in [0.15, 0.2) is 29.3 Å². The first-order valence-electron chi connectivity index (χ1n) is 7.96. The van der Waals surface area contributed by atoms with Gasteiger partial charge < -0.3 is 15.0 Å². The van der Waals surface area contributed by atoms with Crippen molar-refractivity contribution in [1.82, 2.24) is 10.2 Å². The summed E-state index contributed by atoms with van der Waals surface area (Å²) in [5, 5.41) is 3.21. The molecule has 0 heterocycles. The molecule has 0 aliphatic carbocycles. The third-order valence-electron chi connectivity index (χ3n) is 3.14. The zero-order valence-corrected chi connectivity index (χ0v) is 16.9. The molecule has 0 aliphatic rings.